The Morgan fingerprint density at radius 2 is 2.12 bits per heavy atom. The first-order valence-electron chi connectivity index (χ1n) is 4.77. The summed E-state index contributed by atoms with van der Waals surface area (Å²) in [4.78, 5) is 11.4. The van der Waals surface area contributed by atoms with E-state index in [2.05, 4.69) is 9.15 Å². The molecule has 1 aromatic rings. The molecule has 1 heterocycles. The van der Waals surface area contributed by atoms with Crippen molar-refractivity contribution in [3.05, 3.63) is 23.2 Å². The second-order valence-electron chi connectivity index (χ2n) is 3.57. The fraction of sp³-hybridized carbons (Fsp3) is 0.500. The largest absolute Gasteiger partial charge is 0.459 e. The molecule has 1 aromatic heterocycles. The number of carbonyl (C=O) groups excluding carboxylic acids is 1. The molecule has 0 saturated carbocycles. The number of hydrogen-bond donors (Lipinski definition) is 1. The number of furan rings is 1. The molecule has 0 atom stereocenters. The zero-order chi connectivity index (χ0) is 13.2. The lowest BCUT2D eigenvalue weighted by Gasteiger charge is -2.08. The monoisotopic (exact) mass is 252 g/mol. The van der Waals surface area contributed by atoms with Gasteiger partial charge >= 0.3 is 12.1 Å². The Hall–Kier alpha value is -1.50. The molecule has 0 aromatic carbocycles. The van der Waals surface area contributed by atoms with Gasteiger partial charge < -0.3 is 14.3 Å². The van der Waals surface area contributed by atoms with Crippen molar-refractivity contribution < 1.29 is 32.2 Å². The summed E-state index contributed by atoms with van der Waals surface area (Å²) in [5, 5.41) is 8.69. The minimum Gasteiger partial charge on any atom is -0.459 e. The van der Waals surface area contributed by atoms with Gasteiger partial charge in [-0.15, -0.1) is 0 Å². The predicted octanol–water partition coefficient (Wildman–Crippen LogP) is 2.36. The van der Waals surface area contributed by atoms with Crippen molar-refractivity contribution in [2.75, 3.05) is 0 Å². The molecule has 0 spiro atoms. The molecule has 0 saturated heterocycles. The van der Waals surface area contributed by atoms with Crippen LogP contribution in [0.1, 0.15) is 35.7 Å². The standard InChI is InChI=1S/C10H11F3O4/c1-5(2)16-9(15)7-3-6(4-14)17-8(7)10(11,12)13/h3,5,14H,4H2,1-2H3. The highest BCUT2D eigenvalue weighted by molar-refractivity contribution is 5.91. The highest BCUT2D eigenvalue weighted by atomic mass is 19.4. The van der Waals surface area contributed by atoms with Crippen molar-refractivity contribution in [3.8, 4) is 0 Å². The van der Waals surface area contributed by atoms with E-state index in [0.717, 1.165) is 6.07 Å². The molecule has 96 valence electrons. The zero-order valence-corrected chi connectivity index (χ0v) is 9.17. The number of esters is 1. The number of aliphatic hydroxyl groups is 1. The summed E-state index contributed by atoms with van der Waals surface area (Å²) < 4.78 is 46.5. The van der Waals surface area contributed by atoms with Gasteiger partial charge in [-0.2, -0.15) is 13.2 Å². The van der Waals surface area contributed by atoms with Crippen LogP contribution in [0.15, 0.2) is 10.5 Å². The number of rotatable bonds is 3. The average Bonchev–Trinajstić information content (AvgIpc) is 2.59. The lowest BCUT2D eigenvalue weighted by molar-refractivity contribution is -0.154. The topological polar surface area (TPSA) is 59.7 Å². The summed E-state index contributed by atoms with van der Waals surface area (Å²) in [7, 11) is 0. The van der Waals surface area contributed by atoms with Gasteiger partial charge in [-0.25, -0.2) is 4.79 Å². The van der Waals surface area contributed by atoms with Gasteiger partial charge in [0, 0.05) is 0 Å². The molecule has 4 nitrogen and oxygen atoms in total. The van der Waals surface area contributed by atoms with E-state index in [1.807, 2.05) is 0 Å². The smallest absolute Gasteiger partial charge is 0.450 e. The molecule has 17 heavy (non-hydrogen) atoms. The molecule has 0 aliphatic carbocycles. The van der Waals surface area contributed by atoms with E-state index in [0.29, 0.717) is 0 Å². The van der Waals surface area contributed by atoms with Crippen molar-refractivity contribution in [2.45, 2.75) is 32.7 Å². The Morgan fingerprint density at radius 3 is 2.53 bits per heavy atom. The summed E-state index contributed by atoms with van der Waals surface area (Å²) in [6.07, 6.45) is -5.35. The van der Waals surface area contributed by atoms with Crippen LogP contribution in [0.5, 0.6) is 0 Å². The quantitative estimate of drug-likeness (QED) is 0.839. The summed E-state index contributed by atoms with van der Waals surface area (Å²) in [6.45, 7) is 2.30. The Bertz CT molecular complexity index is 406. The minimum atomic E-state index is -4.81. The van der Waals surface area contributed by atoms with E-state index < -0.39 is 36.2 Å². The van der Waals surface area contributed by atoms with Gasteiger partial charge in [-0.05, 0) is 19.9 Å². The maximum atomic E-state index is 12.5. The fourth-order valence-electron chi connectivity index (χ4n) is 1.16. The molecule has 1 N–H and O–H groups in total. The molecule has 1 rings (SSSR count). The van der Waals surface area contributed by atoms with Crippen molar-refractivity contribution in [1.82, 2.24) is 0 Å². The van der Waals surface area contributed by atoms with Crippen LogP contribution in [-0.2, 0) is 17.5 Å². The van der Waals surface area contributed by atoms with Gasteiger partial charge in [0.15, 0.2) is 0 Å². The second-order valence-corrected chi connectivity index (χ2v) is 3.57. The lowest BCUT2D eigenvalue weighted by atomic mass is 10.2. The molecule has 7 heteroatoms. The first-order chi connectivity index (χ1) is 7.75. The number of aliphatic hydroxyl groups excluding tert-OH is 1. The molecular formula is C10H11F3O4. The Balaban J connectivity index is 3.13. The number of halogens is 3. The molecule has 0 aliphatic rings. The lowest BCUT2D eigenvalue weighted by Crippen LogP contribution is -2.16. The van der Waals surface area contributed by atoms with Crippen LogP contribution in [0, 0.1) is 0 Å². The van der Waals surface area contributed by atoms with Gasteiger partial charge in [0.25, 0.3) is 0 Å². The second kappa shape index (κ2) is 4.79. The molecule has 0 amide bonds. The van der Waals surface area contributed by atoms with Crippen LogP contribution in [0.25, 0.3) is 0 Å². The highest BCUT2D eigenvalue weighted by Gasteiger charge is 2.41. The summed E-state index contributed by atoms with van der Waals surface area (Å²) >= 11 is 0. The van der Waals surface area contributed by atoms with Crippen LogP contribution in [-0.4, -0.2) is 17.2 Å². The van der Waals surface area contributed by atoms with Crippen LogP contribution in [0.3, 0.4) is 0 Å². The Labute approximate surface area is 95.0 Å². The van der Waals surface area contributed by atoms with Crippen molar-refractivity contribution in [3.63, 3.8) is 0 Å². The van der Waals surface area contributed by atoms with E-state index in [1.54, 1.807) is 0 Å². The molecule has 0 unspecified atom stereocenters. The normalized spacial score (nSPS) is 11.9. The third-order valence-electron chi connectivity index (χ3n) is 1.76. The van der Waals surface area contributed by atoms with Gasteiger partial charge in [0.1, 0.15) is 17.9 Å². The average molecular weight is 252 g/mol. The van der Waals surface area contributed by atoms with Crippen LogP contribution in [0.4, 0.5) is 13.2 Å². The van der Waals surface area contributed by atoms with Crippen molar-refractivity contribution >= 4 is 5.97 Å². The number of hydrogen-bond acceptors (Lipinski definition) is 4. The van der Waals surface area contributed by atoms with Gasteiger partial charge in [0.05, 0.1) is 6.10 Å². The van der Waals surface area contributed by atoms with Gasteiger partial charge in [-0.3, -0.25) is 0 Å². The number of carbonyl (C=O) groups is 1. The molecule has 0 fully saturated rings. The maximum absolute atomic E-state index is 12.5. The summed E-state index contributed by atoms with van der Waals surface area (Å²) in [5.41, 5.74) is -0.727. The maximum Gasteiger partial charge on any atom is 0.450 e. The zero-order valence-electron chi connectivity index (χ0n) is 9.17. The molecule has 0 bridgehead atoms. The number of ether oxygens (including phenoxy) is 1. The van der Waals surface area contributed by atoms with E-state index in [-0.39, 0.29) is 5.76 Å². The van der Waals surface area contributed by atoms with Crippen molar-refractivity contribution in [1.29, 1.82) is 0 Å². The number of alkyl halides is 3. The van der Waals surface area contributed by atoms with Crippen LogP contribution < -0.4 is 0 Å². The van der Waals surface area contributed by atoms with Crippen LogP contribution >= 0.6 is 0 Å². The minimum absolute atomic E-state index is 0.340. The Kier molecular flexibility index (Phi) is 3.82. The molecular weight excluding hydrogens is 241 g/mol. The van der Waals surface area contributed by atoms with E-state index in [4.69, 9.17) is 5.11 Å². The third kappa shape index (κ3) is 3.23. The van der Waals surface area contributed by atoms with Gasteiger partial charge in [-0.1, -0.05) is 0 Å². The summed E-state index contributed by atoms with van der Waals surface area (Å²) in [6, 6.07) is 0.827. The molecule has 0 aliphatic heterocycles. The van der Waals surface area contributed by atoms with E-state index in [1.165, 1.54) is 13.8 Å². The molecule has 0 radical (unpaired) electrons. The first kappa shape index (κ1) is 13.6. The van der Waals surface area contributed by atoms with Crippen molar-refractivity contribution in [2.24, 2.45) is 0 Å². The third-order valence-corrected chi connectivity index (χ3v) is 1.76. The SMILES string of the molecule is CC(C)OC(=O)c1cc(CO)oc1C(F)(F)F. The summed E-state index contributed by atoms with van der Waals surface area (Å²) in [5.74, 6) is -2.92. The highest BCUT2D eigenvalue weighted by Crippen LogP contribution is 2.34. The van der Waals surface area contributed by atoms with E-state index in [9.17, 15) is 18.0 Å². The fourth-order valence-corrected chi connectivity index (χ4v) is 1.16. The Morgan fingerprint density at radius 1 is 1.53 bits per heavy atom. The first-order valence-corrected chi connectivity index (χ1v) is 4.77. The van der Waals surface area contributed by atoms with Gasteiger partial charge in [0.2, 0.25) is 5.76 Å². The predicted molar refractivity (Wildman–Crippen MR) is 50.2 cm³/mol. The van der Waals surface area contributed by atoms with Crippen LogP contribution in [0.2, 0.25) is 0 Å². The van der Waals surface area contributed by atoms with E-state index >= 15 is 0 Å².